The van der Waals surface area contributed by atoms with Gasteiger partial charge in [-0.15, -0.1) is 0 Å². The molecular weight excluding hydrogens is 256 g/mol. The number of hydrazine groups is 1. The van der Waals surface area contributed by atoms with Crippen molar-refractivity contribution in [1.82, 2.24) is 15.2 Å². The van der Waals surface area contributed by atoms with Crippen molar-refractivity contribution in [3.8, 4) is 0 Å². The number of nitrogens with zero attached hydrogens (tertiary/aromatic N) is 2. The highest BCUT2D eigenvalue weighted by molar-refractivity contribution is 7.07. The highest BCUT2D eigenvalue weighted by Crippen LogP contribution is 2.16. The third kappa shape index (κ3) is 4.54. The van der Waals surface area contributed by atoms with Crippen LogP contribution in [0.4, 0.5) is 0 Å². The largest absolute Gasteiger partial charge is 0.304 e. The predicted octanol–water partition coefficient (Wildman–Crippen LogP) is 1.15. The molecule has 19 heavy (non-hydrogen) atoms. The number of nitrogens with two attached hydrogens (primary N) is 1. The average Bonchev–Trinajstić information content (AvgIpc) is 2.91. The summed E-state index contributed by atoms with van der Waals surface area (Å²) in [6.45, 7) is 3.47. The second-order valence-corrected chi connectivity index (χ2v) is 6.45. The molecule has 1 aromatic rings. The molecule has 2 atom stereocenters. The summed E-state index contributed by atoms with van der Waals surface area (Å²) in [5, 5.41) is 4.37. The van der Waals surface area contributed by atoms with E-state index < -0.39 is 0 Å². The first-order valence-corrected chi connectivity index (χ1v) is 7.99. The van der Waals surface area contributed by atoms with E-state index in [0.717, 1.165) is 32.4 Å². The summed E-state index contributed by atoms with van der Waals surface area (Å²) >= 11 is 1.77. The molecule has 1 saturated heterocycles. The van der Waals surface area contributed by atoms with Crippen molar-refractivity contribution >= 4 is 11.3 Å². The molecule has 2 heterocycles. The molecular formula is C14H26N4S. The number of rotatable bonds is 6. The van der Waals surface area contributed by atoms with Crippen LogP contribution in [0.25, 0.3) is 0 Å². The Kier molecular flexibility index (Phi) is 5.78. The summed E-state index contributed by atoms with van der Waals surface area (Å²) < 4.78 is 0. The molecule has 0 amide bonds. The van der Waals surface area contributed by atoms with Gasteiger partial charge in [0.05, 0.1) is 0 Å². The number of nitrogens with one attached hydrogen (secondary N) is 1. The third-order valence-electron chi connectivity index (χ3n) is 4.13. The summed E-state index contributed by atoms with van der Waals surface area (Å²) in [4.78, 5) is 4.88. The van der Waals surface area contributed by atoms with Gasteiger partial charge >= 0.3 is 0 Å². The lowest BCUT2D eigenvalue weighted by Crippen LogP contribution is -2.52. The van der Waals surface area contributed by atoms with E-state index in [2.05, 4.69) is 46.1 Å². The Hall–Kier alpha value is -0.460. The summed E-state index contributed by atoms with van der Waals surface area (Å²) in [7, 11) is 4.43. The van der Waals surface area contributed by atoms with Crippen molar-refractivity contribution < 1.29 is 0 Å². The molecule has 108 valence electrons. The lowest BCUT2D eigenvalue weighted by Gasteiger charge is -2.39. The van der Waals surface area contributed by atoms with Gasteiger partial charge in [0, 0.05) is 31.7 Å². The summed E-state index contributed by atoms with van der Waals surface area (Å²) in [6, 6.07) is 3.22. The van der Waals surface area contributed by atoms with Crippen molar-refractivity contribution in [2.24, 2.45) is 5.84 Å². The number of aryl methyl sites for hydroxylation is 1. The van der Waals surface area contributed by atoms with Crippen LogP contribution in [-0.4, -0.2) is 55.6 Å². The second kappa shape index (κ2) is 7.36. The van der Waals surface area contributed by atoms with Gasteiger partial charge in [-0.25, -0.2) is 0 Å². The van der Waals surface area contributed by atoms with Crippen molar-refractivity contribution in [3.63, 3.8) is 0 Å². The topological polar surface area (TPSA) is 44.5 Å². The molecule has 0 aromatic carbocycles. The van der Waals surface area contributed by atoms with Crippen LogP contribution in [0.3, 0.4) is 0 Å². The molecule has 4 nitrogen and oxygen atoms in total. The summed E-state index contributed by atoms with van der Waals surface area (Å²) in [5.74, 6) is 5.73. The summed E-state index contributed by atoms with van der Waals surface area (Å²) in [5.41, 5.74) is 4.44. The lowest BCUT2D eigenvalue weighted by atomic mass is 9.99. The van der Waals surface area contributed by atoms with Crippen LogP contribution in [-0.2, 0) is 6.42 Å². The minimum absolute atomic E-state index is 0.402. The van der Waals surface area contributed by atoms with Gasteiger partial charge in [0.15, 0.2) is 0 Å². The van der Waals surface area contributed by atoms with Gasteiger partial charge in [0.25, 0.3) is 0 Å². The van der Waals surface area contributed by atoms with E-state index in [4.69, 9.17) is 5.84 Å². The fourth-order valence-electron chi connectivity index (χ4n) is 2.73. The third-order valence-corrected chi connectivity index (χ3v) is 4.87. The molecule has 0 radical (unpaired) electrons. The Morgan fingerprint density at radius 3 is 3.00 bits per heavy atom. The Morgan fingerprint density at radius 1 is 1.47 bits per heavy atom. The SMILES string of the molecule is CN1CCN(C)C(CC(CCc2ccsc2)NN)C1. The molecule has 1 aliphatic rings. The first kappa shape index (κ1) is 14.9. The zero-order valence-electron chi connectivity index (χ0n) is 12.0. The maximum absolute atomic E-state index is 5.73. The zero-order valence-corrected chi connectivity index (χ0v) is 12.8. The quantitative estimate of drug-likeness (QED) is 0.607. The number of piperazine rings is 1. The van der Waals surface area contributed by atoms with E-state index >= 15 is 0 Å². The molecule has 2 rings (SSSR count). The fraction of sp³-hybridized carbons (Fsp3) is 0.714. The predicted molar refractivity (Wildman–Crippen MR) is 82.3 cm³/mol. The van der Waals surface area contributed by atoms with E-state index in [-0.39, 0.29) is 0 Å². The average molecular weight is 282 g/mol. The van der Waals surface area contributed by atoms with E-state index in [0.29, 0.717) is 12.1 Å². The van der Waals surface area contributed by atoms with Crippen LogP contribution in [0, 0.1) is 0 Å². The zero-order chi connectivity index (χ0) is 13.7. The second-order valence-electron chi connectivity index (χ2n) is 5.67. The Bertz CT molecular complexity index is 354. The number of thiophene rings is 1. The molecule has 2 unspecified atom stereocenters. The molecule has 0 aliphatic carbocycles. The number of hydrogen-bond donors (Lipinski definition) is 2. The van der Waals surface area contributed by atoms with Crippen LogP contribution in [0.1, 0.15) is 18.4 Å². The maximum Gasteiger partial charge on any atom is 0.0235 e. The van der Waals surface area contributed by atoms with Crippen molar-refractivity contribution in [3.05, 3.63) is 22.4 Å². The van der Waals surface area contributed by atoms with Gasteiger partial charge in [0.1, 0.15) is 0 Å². The number of hydrogen-bond acceptors (Lipinski definition) is 5. The normalized spacial score (nSPS) is 23.6. The molecule has 3 N–H and O–H groups in total. The van der Waals surface area contributed by atoms with E-state index in [1.54, 1.807) is 11.3 Å². The first-order chi connectivity index (χ1) is 9.19. The van der Waals surface area contributed by atoms with Gasteiger partial charge < -0.3 is 9.80 Å². The molecule has 0 spiro atoms. The fourth-order valence-corrected chi connectivity index (χ4v) is 3.43. The van der Waals surface area contributed by atoms with E-state index in [1.165, 1.54) is 12.1 Å². The minimum atomic E-state index is 0.402. The molecule has 0 saturated carbocycles. The molecule has 0 bridgehead atoms. The first-order valence-electron chi connectivity index (χ1n) is 7.05. The minimum Gasteiger partial charge on any atom is -0.304 e. The smallest absolute Gasteiger partial charge is 0.0235 e. The maximum atomic E-state index is 5.73. The monoisotopic (exact) mass is 282 g/mol. The van der Waals surface area contributed by atoms with Crippen molar-refractivity contribution in [2.45, 2.75) is 31.3 Å². The lowest BCUT2D eigenvalue weighted by molar-refractivity contribution is 0.100. The van der Waals surface area contributed by atoms with Crippen LogP contribution in [0.15, 0.2) is 16.8 Å². The Morgan fingerprint density at radius 2 is 2.32 bits per heavy atom. The van der Waals surface area contributed by atoms with Crippen LogP contribution < -0.4 is 11.3 Å². The van der Waals surface area contributed by atoms with Crippen molar-refractivity contribution in [2.75, 3.05) is 33.7 Å². The summed E-state index contributed by atoms with van der Waals surface area (Å²) in [6.07, 6.45) is 3.35. The highest BCUT2D eigenvalue weighted by Gasteiger charge is 2.24. The molecule has 1 aromatic heterocycles. The molecule has 1 fully saturated rings. The Balaban J connectivity index is 1.80. The van der Waals surface area contributed by atoms with Crippen LogP contribution in [0.2, 0.25) is 0 Å². The van der Waals surface area contributed by atoms with Gasteiger partial charge in [-0.3, -0.25) is 11.3 Å². The van der Waals surface area contributed by atoms with Gasteiger partial charge in [-0.2, -0.15) is 11.3 Å². The Labute approximate surface area is 120 Å². The van der Waals surface area contributed by atoms with E-state index in [1.807, 2.05) is 0 Å². The van der Waals surface area contributed by atoms with Crippen molar-refractivity contribution in [1.29, 1.82) is 0 Å². The van der Waals surface area contributed by atoms with E-state index in [9.17, 15) is 0 Å². The highest BCUT2D eigenvalue weighted by atomic mass is 32.1. The standard InChI is InChI=1S/C14H26N4S/c1-17-6-7-18(2)14(10-17)9-13(16-15)4-3-12-5-8-19-11-12/h5,8,11,13-14,16H,3-4,6-7,9-10,15H2,1-2H3. The molecule has 5 heteroatoms. The van der Waals surface area contributed by atoms with Crippen LogP contribution >= 0.6 is 11.3 Å². The van der Waals surface area contributed by atoms with Gasteiger partial charge in [0.2, 0.25) is 0 Å². The number of likely N-dealkylation sites (N-methyl/N-ethyl adjacent to an activating group) is 2. The van der Waals surface area contributed by atoms with Gasteiger partial charge in [-0.1, -0.05) is 0 Å². The van der Waals surface area contributed by atoms with Crippen LogP contribution in [0.5, 0.6) is 0 Å². The molecule has 1 aliphatic heterocycles. The van der Waals surface area contributed by atoms with Gasteiger partial charge in [-0.05, 0) is 55.7 Å².